The van der Waals surface area contributed by atoms with Crippen LogP contribution >= 0.6 is 12.2 Å². The van der Waals surface area contributed by atoms with Crippen molar-refractivity contribution in [2.24, 2.45) is 0 Å². The fourth-order valence-electron chi connectivity index (χ4n) is 4.02. The van der Waals surface area contributed by atoms with Gasteiger partial charge in [-0.2, -0.15) is 18.3 Å². The van der Waals surface area contributed by atoms with Crippen molar-refractivity contribution in [3.8, 4) is 5.75 Å². The standard InChI is InChI=1S/C21H25F3N6O3S/c1-32-13-6-4-12(5-7-13)16-9-17(21(22,23)24)30-18(27-16)15(11-26-30)19(31)28-29-20(34)25-10-14-3-2-8-33-14/h4-7,11,14,16-17,27H,2-3,8-10H2,1H3,(H,28,31)(H2,25,29,34). The van der Waals surface area contributed by atoms with Gasteiger partial charge in [0, 0.05) is 19.6 Å². The second-order valence-electron chi connectivity index (χ2n) is 8.04. The van der Waals surface area contributed by atoms with Crippen LogP contribution in [0.1, 0.15) is 47.3 Å². The molecule has 3 atom stereocenters. The first-order chi connectivity index (χ1) is 16.3. The molecule has 2 aromatic rings. The van der Waals surface area contributed by atoms with Crippen LogP contribution in [0.25, 0.3) is 0 Å². The van der Waals surface area contributed by atoms with Gasteiger partial charge in [0.25, 0.3) is 5.91 Å². The molecule has 4 rings (SSSR count). The lowest BCUT2D eigenvalue weighted by Crippen LogP contribution is -2.48. The van der Waals surface area contributed by atoms with E-state index < -0.39 is 24.2 Å². The quantitative estimate of drug-likeness (QED) is 0.369. The number of hydrazine groups is 1. The summed E-state index contributed by atoms with van der Waals surface area (Å²) in [6.07, 6.45) is -1.76. The average Bonchev–Trinajstić information content (AvgIpc) is 3.50. The van der Waals surface area contributed by atoms with E-state index in [1.165, 1.54) is 7.11 Å². The van der Waals surface area contributed by atoms with Gasteiger partial charge >= 0.3 is 6.18 Å². The molecule has 0 spiro atoms. The number of anilines is 1. The van der Waals surface area contributed by atoms with Gasteiger partial charge in [0.15, 0.2) is 11.2 Å². The van der Waals surface area contributed by atoms with Gasteiger partial charge in [-0.25, -0.2) is 4.68 Å². The molecule has 0 saturated carbocycles. The highest BCUT2D eigenvalue weighted by molar-refractivity contribution is 7.80. The number of rotatable bonds is 5. The zero-order valence-corrected chi connectivity index (χ0v) is 19.1. The Morgan fingerprint density at radius 3 is 2.74 bits per heavy atom. The Balaban J connectivity index is 1.47. The third kappa shape index (κ3) is 5.36. The number of carbonyl (C=O) groups excluding carboxylic acids is 1. The molecule has 1 fully saturated rings. The summed E-state index contributed by atoms with van der Waals surface area (Å²) in [5.41, 5.74) is 5.56. The first-order valence-corrected chi connectivity index (χ1v) is 11.2. The molecule has 1 aromatic heterocycles. The molecular weight excluding hydrogens is 473 g/mol. The van der Waals surface area contributed by atoms with Crippen molar-refractivity contribution in [2.45, 2.75) is 43.6 Å². The van der Waals surface area contributed by atoms with Crippen molar-refractivity contribution < 1.29 is 27.4 Å². The molecule has 2 aliphatic heterocycles. The Morgan fingerprint density at radius 1 is 1.32 bits per heavy atom. The molecule has 3 heterocycles. The van der Waals surface area contributed by atoms with Crippen LogP contribution in [0.2, 0.25) is 0 Å². The Kier molecular flexibility index (Phi) is 7.12. The van der Waals surface area contributed by atoms with Crippen molar-refractivity contribution in [1.82, 2.24) is 25.9 Å². The Labute approximate surface area is 199 Å². The number of hydrogen-bond acceptors (Lipinski definition) is 6. The summed E-state index contributed by atoms with van der Waals surface area (Å²) < 4.78 is 53.0. The molecule has 4 N–H and O–H groups in total. The zero-order valence-electron chi connectivity index (χ0n) is 18.3. The van der Waals surface area contributed by atoms with E-state index in [4.69, 9.17) is 21.7 Å². The normalized spacial score (nSPS) is 21.8. The third-order valence-corrected chi connectivity index (χ3v) is 6.05. The van der Waals surface area contributed by atoms with Crippen molar-refractivity contribution in [3.05, 3.63) is 41.6 Å². The molecule has 1 saturated heterocycles. The monoisotopic (exact) mass is 498 g/mol. The maximum Gasteiger partial charge on any atom is 0.410 e. The van der Waals surface area contributed by atoms with E-state index in [2.05, 4.69) is 26.6 Å². The van der Waals surface area contributed by atoms with Crippen molar-refractivity contribution >= 4 is 29.1 Å². The number of amides is 1. The van der Waals surface area contributed by atoms with E-state index in [-0.39, 0.29) is 29.0 Å². The molecule has 13 heteroatoms. The molecule has 0 aliphatic carbocycles. The van der Waals surface area contributed by atoms with Crippen molar-refractivity contribution in [3.63, 3.8) is 0 Å². The van der Waals surface area contributed by atoms with Crippen LogP contribution in [0.15, 0.2) is 30.5 Å². The maximum atomic E-state index is 13.8. The molecule has 9 nitrogen and oxygen atoms in total. The van der Waals surface area contributed by atoms with Crippen LogP contribution < -0.4 is 26.2 Å². The molecule has 3 unspecified atom stereocenters. The minimum atomic E-state index is -4.55. The van der Waals surface area contributed by atoms with Gasteiger partial charge in [-0.3, -0.25) is 15.6 Å². The van der Waals surface area contributed by atoms with Crippen LogP contribution in [0, 0.1) is 0 Å². The van der Waals surface area contributed by atoms with E-state index in [0.29, 0.717) is 24.5 Å². The van der Waals surface area contributed by atoms with Crippen LogP contribution in [-0.4, -0.2) is 53.3 Å². The van der Waals surface area contributed by atoms with E-state index in [0.717, 1.165) is 23.7 Å². The van der Waals surface area contributed by atoms with Gasteiger partial charge in [0.05, 0.1) is 25.5 Å². The highest BCUT2D eigenvalue weighted by Gasteiger charge is 2.47. The average molecular weight is 499 g/mol. The van der Waals surface area contributed by atoms with Crippen LogP contribution in [0.4, 0.5) is 19.0 Å². The summed E-state index contributed by atoms with van der Waals surface area (Å²) in [5.74, 6) is -0.106. The molecular formula is C21H25F3N6O3S. The number of alkyl halides is 3. The molecule has 0 radical (unpaired) electrons. The number of nitrogens with one attached hydrogen (secondary N) is 4. The highest BCUT2D eigenvalue weighted by atomic mass is 32.1. The fourth-order valence-corrected chi connectivity index (χ4v) is 4.15. The molecule has 2 aliphatic rings. The number of benzene rings is 1. The maximum absolute atomic E-state index is 13.8. The summed E-state index contributed by atoms with van der Waals surface area (Å²) in [4.78, 5) is 12.7. The topological polar surface area (TPSA) is 101 Å². The van der Waals surface area contributed by atoms with Crippen LogP contribution in [0.5, 0.6) is 5.75 Å². The summed E-state index contributed by atoms with van der Waals surface area (Å²) in [7, 11) is 1.51. The SMILES string of the molecule is COc1ccc(C2CC(C(F)(F)F)n3ncc(C(=O)NNC(=S)NCC4CCCO4)c3N2)cc1. The van der Waals surface area contributed by atoms with Crippen molar-refractivity contribution in [1.29, 1.82) is 0 Å². The molecule has 34 heavy (non-hydrogen) atoms. The summed E-state index contributed by atoms with van der Waals surface area (Å²) in [5, 5.41) is 10.0. The number of thiocarbonyl (C=S) groups is 1. The van der Waals surface area contributed by atoms with Gasteiger partial charge in [-0.1, -0.05) is 12.1 Å². The van der Waals surface area contributed by atoms with E-state index in [9.17, 15) is 18.0 Å². The number of aromatic nitrogens is 2. The summed E-state index contributed by atoms with van der Waals surface area (Å²) in [6, 6.07) is 4.15. The summed E-state index contributed by atoms with van der Waals surface area (Å²) >= 11 is 5.14. The molecule has 1 aromatic carbocycles. The van der Waals surface area contributed by atoms with Gasteiger partial charge in [-0.15, -0.1) is 0 Å². The second kappa shape index (κ2) is 10.1. The van der Waals surface area contributed by atoms with E-state index >= 15 is 0 Å². The summed E-state index contributed by atoms with van der Waals surface area (Å²) in [6.45, 7) is 1.20. The lowest BCUT2D eigenvalue weighted by atomic mass is 9.96. The predicted molar refractivity (Wildman–Crippen MR) is 121 cm³/mol. The number of nitrogens with zero attached hydrogens (tertiary/aromatic N) is 2. The minimum absolute atomic E-state index is 0.0214. The Morgan fingerprint density at radius 2 is 2.09 bits per heavy atom. The second-order valence-corrected chi connectivity index (χ2v) is 8.45. The number of fused-ring (bicyclic) bond motifs is 1. The van der Waals surface area contributed by atoms with Gasteiger partial charge in [0.2, 0.25) is 0 Å². The number of carbonyl (C=O) groups is 1. The largest absolute Gasteiger partial charge is 0.497 e. The number of ether oxygens (including phenoxy) is 2. The fraction of sp³-hybridized carbons (Fsp3) is 0.476. The van der Waals surface area contributed by atoms with E-state index in [1.54, 1.807) is 24.3 Å². The first-order valence-electron chi connectivity index (χ1n) is 10.8. The molecule has 0 bridgehead atoms. The van der Waals surface area contributed by atoms with Gasteiger partial charge in [0.1, 0.15) is 17.1 Å². The third-order valence-electron chi connectivity index (χ3n) is 5.81. The predicted octanol–water partition coefficient (Wildman–Crippen LogP) is 2.84. The lowest BCUT2D eigenvalue weighted by Gasteiger charge is -2.34. The van der Waals surface area contributed by atoms with Crippen LogP contribution in [-0.2, 0) is 4.74 Å². The highest BCUT2D eigenvalue weighted by Crippen LogP contribution is 2.44. The molecule has 184 valence electrons. The molecule has 1 amide bonds. The Bertz CT molecular complexity index is 1020. The van der Waals surface area contributed by atoms with Gasteiger partial charge < -0.3 is 20.1 Å². The Hall–Kier alpha value is -3.06. The smallest absolute Gasteiger partial charge is 0.410 e. The lowest BCUT2D eigenvalue weighted by molar-refractivity contribution is -0.173. The van der Waals surface area contributed by atoms with Crippen molar-refractivity contribution in [2.75, 3.05) is 25.6 Å². The number of hydrogen-bond donors (Lipinski definition) is 4. The first kappa shape index (κ1) is 24.1. The van der Waals surface area contributed by atoms with Gasteiger partial charge in [-0.05, 0) is 42.8 Å². The van der Waals surface area contributed by atoms with Crippen LogP contribution in [0.3, 0.4) is 0 Å². The minimum Gasteiger partial charge on any atom is -0.497 e. The number of methoxy groups -OCH3 is 1. The van der Waals surface area contributed by atoms with E-state index in [1.807, 2.05) is 0 Å². The zero-order chi connectivity index (χ0) is 24.3. The number of halogens is 3.